The van der Waals surface area contributed by atoms with Crippen LogP contribution in [0.1, 0.15) is 70.6 Å². The van der Waals surface area contributed by atoms with Gasteiger partial charge in [0, 0.05) is 6.04 Å². The summed E-state index contributed by atoms with van der Waals surface area (Å²) < 4.78 is 28.7. The minimum atomic E-state index is -3.70. The second-order valence-electron chi connectivity index (χ2n) is 7.69. The molecular weight excluding hydrogens is 378 g/mol. The molecule has 28 heavy (non-hydrogen) atoms. The average Bonchev–Trinajstić information content (AvgIpc) is 2.64. The fourth-order valence-electron chi connectivity index (χ4n) is 3.83. The molecule has 0 radical (unpaired) electrons. The van der Waals surface area contributed by atoms with Gasteiger partial charge in [-0.25, -0.2) is 13.1 Å². The Morgan fingerprint density at radius 2 is 1.25 bits per heavy atom. The van der Waals surface area contributed by atoms with Crippen molar-refractivity contribution in [2.45, 2.75) is 81.6 Å². The lowest BCUT2D eigenvalue weighted by molar-refractivity contribution is 0.440. The first-order valence-electron chi connectivity index (χ1n) is 10.2. The highest BCUT2D eigenvalue weighted by molar-refractivity contribution is 7.89. The Hall–Kier alpha value is -1.93. The molecule has 1 aliphatic rings. The van der Waals surface area contributed by atoms with Gasteiger partial charge in [0.25, 0.3) is 0 Å². The summed E-state index contributed by atoms with van der Waals surface area (Å²) in [5.74, 6) is 0. The van der Waals surface area contributed by atoms with Crippen molar-refractivity contribution >= 4 is 21.1 Å². The maximum absolute atomic E-state index is 12.9. The largest absolute Gasteiger partial charge is 0.316 e. The Bertz CT molecular complexity index is 998. The molecule has 0 aliphatic heterocycles. The standard InChI is InChI=1S/C20H29N3O4S/c24-19-20(25)22-18-14-16(12-13-17(18)21-19)28(26,27)23-15-10-8-6-4-2-1-3-5-7-9-11-15/h12-15,23H,1-11H2,(H,21,24)(H,22,25). The van der Waals surface area contributed by atoms with Crippen LogP contribution in [-0.4, -0.2) is 24.4 Å². The van der Waals surface area contributed by atoms with Crippen LogP contribution in [0.4, 0.5) is 0 Å². The number of rotatable bonds is 3. The van der Waals surface area contributed by atoms with E-state index in [0.29, 0.717) is 11.0 Å². The van der Waals surface area contributed by atoms with Crippen molar-refractivity contribution in [3.8, 4) is 0 Å². The Morgan fingerprint density at radius 1 is 0.750 bits per heavy atom. The van der Waals surface area contributed by atoms with E-state index < -0.39 is 21.1 Å². The molecule has 1 aliphatic carbocycles. The molecule has 0 spiro atoms. The molecule has 0 bridgehead atoms. The number of sulfonamides is 1. The van der Waals surface area contributed by atoms with Gasteiger partial charge in [0.1, 0.15) is 0 Å². The highest BCUT2D eigenvalue weighted by Gasteiger charge is 2.20. The number of aromatic amines is 2. The Balaban J connectivity index is 1.76. The molecule has 3 rings (SSSR count). The molecule has 1 aromatic carbocycles. The zero-order chi connectivity index (χ0) is 20.0. The summed E-state index contributed by atoms with van der Waals surface area (Å²) in [5, 5.41) is 0. The molecule has 8 heteroatoms. The molecule has 1 fully saturated rings. The molecule has 7 nitrogen and oxygen atoms in total. The lowest BCUT2D eigenvalue weighted by atomic mass is 9.98. The van der Waals surface area contributed by atoms with Crippen LogP contribution in [0.25, 0.3) is 11.0 Å². The third-order valence-electron chi connectivity index (χ3n) is 5.43. The van der Waals surface area contributed by atoms with E-state index in [4.69, 9.17) is 0 Å². The van der Waals surface area contributed by atoms with Crippen molar-refractivity contribution in [1.82, 2.24) is 14.7 Å². The van der Waals surface area contributed by atoms with Crippen LogP contribution in [0.15, 0.2) is 32.7 Å². The van der Waals surface area contributed by atoms with Crippen molar-refractivity contribution in [3.05, 3.63) is 38.9 Å². The SMILES string of the molecule is O=c1[nH]c2ccc(S(=O)(=O)NC3CCCCCCCCCCC3)cc2[nH]c1=O. The fraction of sp³-hybridized carbons (Fsp3) is 0.600. The van der Waals surface area contributed by atoms with Gasteiger partial charge >= 0.3 is 11.1 Å². The van der Waals surface area contributed by atoms with Crippen LogP contribution in [0.2, 0.25) is 0 Å². The van der Waals surface area contributed by atoms with E-state index in [1.165, 1.54) is 50.3 Å². The number of hydrogen-bond donors (Lipinski definition) is 3. The highest BCUT2D eigenvalue weighted by Crippen LogP contribution is 2.20. The van der Waals surface area contributed by atoms with E-state index in [2.05, 4.69) is 14.7 Å². The van der Waals surface area contributed by atoms with Crippen LogP contribution >= 0.6 is 0 Å². The highest BCUT2D eigenvalue weighted by atomic mass is 32.2. The summed E-state index contributed by atoms with van der Waals surface area (Å²) in [6.07, 6.45) is 12.3. The normalized spacial score (nSPS) is 18.4. The van der Waals surface area contributed by atoms with Crippen molar-refractivity contribution in [3.63, 3.8) is 0 Å². The summed E-state index contributed by atoms with van der Waals surface area (Å²) >= 11 is 0. The molecule has 0 atom stereocenters. The molecule has 0 unspecified atom stereocenters. The van der Waals surface area contributed by atoms with Gasteiger partial charge in [-0.2, -0.15) is 0 Å². The molecule has 2 aromatic rings. The first-order chi connectivity index (χ1) is 13.5. The van der Waals surface area contributed by atoms with Crippen LogP contribution in [-0.2, 0) is 10.0 Å². The second-order valence-corrected chi connectivity index (χ2v) is 9.41. The van der Waals surface area contributed by atoms with Gasteiger partial charge in [0.2, 0.25) is 10.0 Å². The van der Waals surface area contributed by atoms with Crippen LogP contribution < -0.4 is 15.8 Å². The lowest BCUT2D eigenvalue weighted by Gasteiger charge is -2.19. The number of aromatic nitrogens is 2. The van der Waals surface area contributed by atoms with Crippen LogP contribution in [0, 0.1) is 0 Å². The average molecular weight is 408 g/mol. The molecule has 0 saturated heterocycles. The topological polar surface area (TPSA) is 112 Å². The quantitative estimate of drug-likeness (QED) is 0.678. The van der Waals surface area contributed by atoms with Gasteiger partial charge in [-0.3, -0.25) is 9.59 Å². The molecule has 1 saturated carbocycles. The van der Waals surface area contributed by atoms with Gasteiger partial charge < -0.3 is 9.97 Å². The number of benzene rings is 1. The van der Waals surface area contributed by atoms with Gasteiger partial charge in [0.05, 0.1) is 15.9 Å². The van der Waals surface area contributed by atoms with E-state index in [1.807, 2.05) is 0 Å². The predicted octanol–water partition coefficient (Wildman–Crippen LogP) is 3.17. The maximum Gasteiger partial charge on any atom is 0.314 e. The number of H-pyrrole nitrogens is 2. The van der Waals surface area contributed by atoms with E-state index in [1.54, 1.807) is 0 Å². The van der Waals surface area contributed by atoms with Crippen LogP contribution in [0.3, 0.4) is 0 Å². The number of nitrogens with one attached hydrogen (secondary N) is 3. The molecule has 154 valence electrons. The maximum atomic E-state index is 12.9. The Kier molecular flexibility index (Phi) is 7.07. The van der Waals surface area contributed by atoms with Crippen molar-refractivity contribution < 1.29 is 8.42 Å². The molecular formula is C20H29N3O4S. The van der Waals surface area contributed by atoms with Crippen molar-refractivity contribution in [1.29, 1.82) is 0 Å². The Morgan fingerprint density at radius 3 is 1.82 bits per heavy atom. The predicted molar refractivity (Wildman–Crippen MR) is 110 cm³/mol. The first kappa shape index (κ1) is 20.8. The van der Waals surface area contributed by atoms with E-state index in [-0.39, 0.29) is 10.9 Å². The molecule has 0 amide bonds. The fourth-order valence-corrected chi connectivity index (χ4v) is 5.16. The smallest absolute Gasteiger partial charge is 0.314 e. The van der Waals surface area contributed by atoms with E-state index in [9.17, 15) is 18.0 Å². The minimum absolute atomic E-state index is 0.0743. The molecule has 3 N–H and O–H groups in total. The molecule has 1 heterocycles. The zero-order valence-corrected chi connectivity index (χ0v) is 16.9. The third kappa shape index (κ3) is 5.54. The van der Waals surface area contributed by atoms with Crippen molar-refractivity contribution in [2.75, 3.05) is 0 Å². The summed E-state index contributed by atoms with van der Waals surface area (Å²) in [6, 6.07) is 4.27. The Labute approximate surface area is 165 Å². The van der Waals surface area contributed by atoms with Crippen molar-refractivity contribution in [2.24, 2.45) is 0 Å². The molecule has 1 aromatic heterocycles. The third-order valence-corrected chi connectivity index (χ3v) is 6.95. The second kappa shape index (κ2) is 9.52. The van der Waals surface area contributed by atoms with Gasteiger partial charge in [-0.05, 0) is 31.0 Å². The van der Waals surface area contributed by atoms with Gasteiger partial charge in [0.15, 0.2) is 0 Å². The number of hydrogen-bond acceptors (Lipinski definition) is 4. The van der Waals surface area contributed by atoms with Crippen LogP contribution in [0.5, 0.6) is 0 Å². The van der Waals surface area contributed by atoms with Gasteiger partial charge in [-0.1, -0.05) is 57.8 Å². The lowest BCUT2D eigenvalue weighted by Crippen LogP contribution is -2.35. The number of fused-ring (bicyclic) bond motifs is 1. The first-order valence-corrected chi connectivity index (χ1v) is 11.7. The zero-order valence-electron chi connectivity index (χ0n) is 16.1. The summed E-state index contributed by atoms with van der Waals surface area (Å²) in [4.78, 5) is 27.9. The summed E-state index contributed by atoms with van der Waals surface area (Å²) in [6.45, 7) is 0. The van der Waals surface area contributed by atoms with Gasteiger partial charge in [-0.15, -0.1) is 0 Å². The van der Waals surface area contributed by atoms with E-state index in [0.717, 1.165) is 38.5 Å². The summed E-state index contributed by atoms with van der Waals surface area (Å²) in [5.41, 5.74) is -0.857. The minimum Gasteiger partial charge on any atom is -0.316 e. The van der Waals surface area contributed by atoms with E-state index >= 15 is 0 Å². The summed E-state index contributed by atoms with van der Waals surface area (Å²) in [7, 11) is -3.70. The monoisotopic (exact) mass is 407 g/mol.